The fraction of sp³-hybridized carbons (Fsp3) is 0.208. The Morgan fingerprint density at radius 1 is 1.16 bits per heavy atom. The van der Waals surface area contributed by atoms with Crippen molar-refractivity contribution in [2.75, 3.05) is 23.8 Å². The van der Waals surface area contributed by atoms with Crippen LogP contribution in [-0.2, 0) is 11.3 Å². The zero-order valence-corrected chi connectivity index (χ0v) is 19.0. The van der Waals surface area contributed by atoms with Crippen LogP contribution >= 0.6 is 27.5 Å². The summed E-state index contributed by atoms with van der Waals surface area (Å²) in [7, 11) is 0. The van der Waals surface area contributed by atoms with Gasteiger partial charge in [-0.05, 0) is 60.2 Å². The molecule has 1 heterocycles. The average Bonchev–Trinajstić information content (AvgIpc) is 3.29. The van der Waals surface area contributed by atoms with Crippen molar-refractivity contribution in [2.24, 2.45) is 0 Å². The maximum Gasteiger partial charge on any atom is 0.259 e. The van der Waals surface area contributed by atoms with Gasteiger partial charge in [0.1, 0.15) is 11.9 Å². The van der Waals surface area contributed by atoms with E-state index in [9.17, 15) is 4.79 Å². The van der Waals surface area contributed by atoms with Crippen LogP contribution in [0.3, 0.4) is 0 Å². The highest BCUT2D eigenvalue weighted by atomic mass is 79.9. The Morgan fingerprint density at radius 2 is 1.97 bits per heavy atom. The number of halogens is 2. The van der Waals surface area contributed by atoms with E-state index in [2.05, 4.69) is 32.6 Å². The number of ether oxygens (including phenoxy) is 2. The molecule has 1 radical (unpaired) electrons. The summed E-state index contributed by atoms with van der Waals surface area (Å²) in [5.74, 6) is 0.301. The monoisotopic (exact) mass is 499 g/mol. The number of anilines is 2. The van der Waals surface area contributed by atoms with Gasteiger partial charge in [0, 0.05) is 39.9 Å². The lowest BCUT2D eigenvalue weighted by molar-refractivity contribution is 0.101. The second-order valence-corrected chi connectivity index (χ2v) is 8.50. The first-order valence-electron chi connectivity index (χ1n) is 9.92. The zero-order chi connectivity index (χ0) is 21.6. The van der Waals surface area contributed by atoms with Gasteiger partial charge in [-0.3, -0.25) is 4.79 Å². The minimum absolute atomic E-state index is 0.0531. The van der Waals surface area contributed by atoms with E-state index in [0.717, 1.165) is 22.1 Å². The summed E-state index contributed by atoms with van der Waals surface area (Å²) in [6.45, 7) is 1.78. The van der Waals surface area contributed by atoms with Gasteiger partial charge in [-0.15, -0.1) is 0 Å². The Bertz CT molecular complexity index is 1040. The number of benzene rings is 3. The molecular weight excluding hydrogens is 480 g/mol. The number of amides is 1. The third kappa shape index (κ3) is 6.00. The Balaban J connectivity index is 1.53. The molecule has 1 amide bonds. The topological polar surface area (TPSA) is 59.6 Å². The van der Waals surface area contributed by atoms with Crippen molar-refractivity contribution in [3.8, 4) is 5.75 Å². The lowest BCUT2D eigenvalue weighted by atomic mass is 10.1. The molecule has 7 heteroatoms. The molecule has 1 unspecified atom stereocenters. The molecule has 2 N–H and O–H groups in total. The number of rotatable bonds is 7. The largest absolute Gasteiger partial charge is 0.487 e. The maximum atomic E-state index is 13.1. The number of nitrogens with one attached hydrogen (secondary N) is 2. The zero-order valence-electron chi connectivity index (χ0n) is 16.7. The molecule has 0 aliphatic carbocycles. The summed E-state index contributed by atoms with van der Waals surface area (Å²) in [6, 6.07) is 21.5. The van der Waals surface area contributed by atoms with Gasteiger partial charge in [0.15, 0.2) is 0 Å². The maximum absolute atomic E-state index is 13.1. The van der Waals surface area contributed by atoms with E-state index in [-0.39, 0.29) is 12.0 Å². The summed E-state index contributed by atoms with van der Waals surface area (Å²) >= 11 is 9.31. The van der Waals surface area contributed by atoms with Crippen LogP contribution in [0.15, 0.2) is 65.1 Å². The van der Waals surface area contributed by atoms with E-state index >= 15 is 0 Å². The van der Waals surface area contributed by atoms with Gasteiger partial charge in [-0.1, -0.05) is 33.6 Å². The molecule has 1 saturated heterocycles. The average molecular weight is 501 g/mol. The van der Waals surface area contributed by atoms with Gasteiger partial charge < -0.3 is 20.1 Å². The smallest absolute Gasteiger partial charge is 0.259 e. The Labute approximate surface area is 194 Å². The van der Waals surface area contributed by atoms with E-state index in [1.54, 1.807) is 12.1 Å². The second kappa shape index (κ2) is 10.2. The summed E-state index contributed by atoms with van der Waals surface area (Å²) in [6.07, 6.45) is 0.753. The highest BCUT2D eigenvalue weighted by Crippen LogP contribution is 2.27. The standard InChI is InChI=1S/C24H21BrClN2O3/c25-17-3-7-19(8-4-17)28-24(29)22-13-20(27-14-16-1-5-18(26)6-2-16)9-10-23(22)31-21-11-12-30-15-21/h1-5,7-10,13,21,27H,11-12,14-15H2,(H,28,29). The Kier molecular flexibility index (Phi) is 7.12. The van der Waals surface area contributed by atoms with Gasteiger partial charge in [0.25, 0.3) is 5.91 Å². The van der Waals surface area contributed by atoms with Crippen LogP contribution in [0.2, 0.25) is 5.02 Å². The Hall–Kier alpha value is -2.54. The first kappa shape index (κ1) is 21.7. The minimum Gasteiger partial charge on any atom is -0.487 e. The lowest BCUT2D eigenvalue weighted by Crippen LogP contribution is -2.20. The predicted molar refractivity (Wildman–Crippen MR) is 126 cm³/mol. The molecule has 159 valence electrons. The molecule has 5 nitrogen and oxygen atoms in total. The Morgan fingerprint density at radius 3 is 2.68 bits per heavy atom. The molecule has 1 fully saturated rings. The van der Waals surface area contributed by atoms with Crippen molar-refractivity contribution in [3.63, 3.8) is 0 Å². The highest BCUT2D eigenvalue weighted by Gasteiger charge is 2.21. The SMILES string of the molecule is O=C(Nc1ccc(Br)cc1)c1cc(NCc2c[c]c(Cl)cc2)ccc1OC1CCOC1. The minimum atomic E-state index is -0.236. The third-order valence-electron chi connectivity index (χ3n) is 4.84. The van der Waals surface area contributed by atoms with Gasteiger partial charge in [0.2, 0.25) is 0 Å². The predicted octanol–water partition coefficient (Wildman–Crippen LogP) is 5.93. The van der Waals surface area contributed by atoms with Crippen molar-refractivity contribution in [1.82, 2.24) is 0 Å². The normalized spacial score (nSPS) is 15.5. The molecule has 3 aromatic carbocycles. The van der Waals surface area contributed by atoms with Crippen molar-refractivity contribution >= 4 is 44.8 Å². The van der Waals surface area contributed by atoms with Crippen LogP contribution in [0.4, 0.5) is 11.4 Å². The molecule has 0 aromatic heterocycles. The van der Waals surface area contributed by atoms with E-state index in [4.69, 9.17) is 21.1 Å². The molecule has 0 saturated carbocycles. The van der Waals surface area contributed by atoms with Crippen LogP contribution in [-0.4, -0.2) is 25.2 Å². The van der Waals surface area contributed by atoms with E-state index in [1.807, 2.05) is 48.5 Å². The fourth-order valence-corrected chi connectivity index (χ4v) is 3.57. The molecule has 0 spiro atoms. The molecule has 1 aliphatic rings. The van der Waals surface area contributed by atoms with Crippen LogP contribution in [0.25, 0.3) is 0 Å². The van der Waals surface area contributed by atoms with Crippen molar-refractivity contribution in [3.05, 3.63) is 87.4 Å². The number of carbonyl (C=O) groups excluding carboxylic acids is 1. The van der Waals surface area contributed by atoms with Gasteiger partial charge >= 0.3 is 0 Å². The first-order valence-corrected chi connectivity index (χ1v) is 11.1. The van der Waals surface area contributed by atoms with Crippen molar-refractivity contribution in [1.29, 1.82) is 0 Å². The van der Waals surface area contributed by atoms with Crippen molar-refractivity contribution < 1.29 is 14.3 Å². The van der Waals surface area contributed by atoms with E-state index < -0.39 is 0 Å². The van der Waals surface area contributed by atoms with Crippen molar-refractivity contribution in [2.45, 2.75) is 19.1 Å². The molecule has 0 bridgehead atoms. The molecule has 1 aliphatic heterocycles. The third-order valence-corrected chi connectivity index (χ3v) is 5.61. The molecular formula is C24H21BrClN2O3. The van der Waals surface area contributed by atoms with Crippen LogP contribution in [0.1, 0.15) is 22.3 Å². The fourth-order valence-electron chi connectivity index (χ4n) is 3.19. The number of hydrogen-bond donors (Lipinski definition) is 2. The first-order chi connectivity index (χ1) is 15.1. The van der Waals surface area contributed by atoms with E-state index in [0.29, 0.717) is 41.8 Å². The van der Waals surface area contributed by atoms with Crippen LogP contribution in [0, 0.1) is 6.07 Å². The summed E-state index contributed by atoms with van der Waals surface area (Å²) < 4.78 is 12.4. The summed E-state index contributed by atoms with van der Waals surface area (Å²) in [5, 5.41) is 6.85. The second-order valence-electron chi connectivity index (χ2n) is 7.17. The van der Waals surface area contributed by atoms with Crippen LogP contribution in [0.5, 0.6) is 5.75 Å². The molecule has 1 atom stereocenters. The molecule has 31 heavy (non-hydrogen) atoms. The summed E-state index contributed by atoms with van der Waals surface area (Å²) in [5.41, 5.74) is 3.01. The van der Waals surface area contributed by atoms with Gasteiger partial charge in [-0.2, -0.15) is 0 Å². The van der Waals surface area contributed by atoms with E-state index in [1.165, 1.54) is 0 Å². The quantitative estimate of drug-likeness (QED) is 0.422. The highest BCUT2D eigenvalue weighted by molar-refractivity contribution is 9.10. The van der Waals surface area contributed by atoms with Crippen LogP contribution < -0.4 is 15.4 Å². The van der Waals surface area contributed by atoms with Gasteiger partial charge in [-0.25, -0.2) is 0 Å². The number of hydrogen-bond acceptors (Lipinski definition) is 4. The molecule has 4 rings (SSSR count). The summed E-state index contributed by atoms with van der Waals surface area (Å²) in [4.78, 5) is 13.1. The van der Waals surface area contributed by atoms with Gasteiger partial charge in [0.05, 0.1) is 18.8 Å². The number of carbonyl (C=O) groups is 1. The lowest BCUT2D eigenvalue weighted by Gasteiger charge is -2.17. The molecule has 3 aromatic rings.